The number of hydrogen-bond acceptors (Lipinski definition) is 9. The molecule has 4 aromatic carbocycles. The van der Waals surface area contributed by atoms with Gasteiger partial charge in [0.05, 0.1) is 29.6 Å². The molecule has 5 N–H and O–H groups in total. The minimum atomic E-state index is -4.17. The zero-order chi connectivity index (χ0) is 30.4. The number of methoxy groups -OCH3 is 1. The summed E-state index contributed by atoms with van der Waals surface area (Å²) in [4.78, 5) is 21.6. The van der Waals surface area contributed by atoms with Gasteiger partial charge in [-0.25, -0.2) is 18.4 Å². The molecule has 0 aliphatic heterocycles. The van der Waals surface area contributed by atoms with Crippen molar-refractivity contribution in [3.63, 3.8) is 0 Å². The van der Waals surface area contributed by atoms with Crippen molar-refractivity contribution in [2.45, 2.75) is 17.9 Å². The predicted octanol–water partition coefficient (Wildman–Crippen LogP) is 5.18. The molecule has 220 valence electrons. The number of carbonyl (C=O) groups is 1. The molecule has 12 heteroatoms. The molecule has 0 radical (unpaired) electrons. The summed E-state index contributed by atoms with van der Waals surface area (Å²) in [5.74, 6) is 0.0644. The van der Waals surface area contributed by atoms with E-state index in [0.717, 1.165) is 5.56 Å². The van der Waals surface area contributed by atoms with Crippen molar-refractivity contribution >= 4 is 50.0 Å². The van der Waals surface area contributed by atoms with Crippen molar-refractivity contribution in [3.8, 4) is 11.5 Å². The first-order chi connectivity index (χ1) is 20.7. The fourth-order valence-corrected chi connectivity index (χ4v) is 5.36. The summed E-state index contributed by atoms with van der Waals surface area (Å²) in [7, 11) is -2.71. The van der Waals surface area contributed by atoms with E-state index in [1.54, 1.807) is 36.4 Å². The first-order valence-electron chi connectivity index (χ1n) is 13.3. The largest absolute Gasteiger partial charge is 0.508 e. The zero-order valence-electron chi connectivity index (χ0n) is 23.4. The number of nitrogens with one attached hydrogen (secondary N) is 4. The van der Waals surface area contributed by atoms with Crippen LogP contribution in [-0.2, 0) is 14.8 Å². The summed E-state index contributed by atoms with van der Waals surface area (Å²) in [6.45, 7) is 1.99. The van der Waals surface area contributed by atoms with Gasteiger partial charge in [0.2, 0.25) is 5.91 Å². The molecular weight excluding hydrogens is 568 g/mol. The van der Waals surface area contributed by atoms with E-state index in [9.17, 15) is 18.3 Å². The number of sulfonamides is 1. The summed E-state index contributed by atoms with van der Waals surface area (Å²) in [5, 5.41) is 19.0. The zero-order valence-corrected chi connectivity index (χ0v) is 24.2. The Morgan fingerprint density at radius 2 is 1.56 bits per heavy atom. The van der Waals surface area contributed by atoms with Crippen LogP contribution in [0, 0.1) is 0 Å². The topological polar surface area (TPSA) is 155 Å². The molecule has 0 fully saturated rings. The summed E-state index contributed by atoms with van der Waals surface area (Å²) >= 11 is 0. The number of nitrogens with zero attached hydrogens (tertiary/aromatic N) is 2. The van der Waals surface area contributed by atoms with E-state index in [2.05, 4.69) is 30.6 Å². The van der Waals surface area contributed by atoms with E-state index >= 15 is 0 Å². The molecule has 5 aromatic rings. The molecule has 0 aliphatic carbocycles. The molecule has 1 amide bonds. The second kappa shape index (κ2) is 12.8. The fraction of sp³-hybridized carbons (Fsp3) is 0.129. The van der Waals surface area contributed by atoms with Gasteiger partial charge in [0.15, 0.2) is 11.6 Å². The smallest absolute Gasteiger partial charge is 0.263 e. The number of carbonyl (C=O) groups excluding carboxylic acids is 1. The van der Waals surface area contributed by atoms with Gasteiger partial charge < -0.3 is 25.8 Å². The van der Waals surface area contributed by atoms with Gasteiger partial charge in [-0.1, -0.05) is 48.5 Å². The number of fused-ring (bicyclic) bond motifs is 1. The fourth-order valence-electron chi connectivity index (χ4n) is 4.31. The highest BCUT2D eigenvalue weighted by molar-refractivity contribution is 7.92. The minimum Gasteiger partial charge on any atom is -0.508 e. The molecule has 1 unspecified atom stereocenters. The Kier molecular flexibility index (Phi) is 8.69. The number of phenols is 1. The summed E-state index contributed by atoms with van der Waals surface area (Å²) < 4.78 is 34.8. The summed E-state index contributed by atoms with van der Waals surface area (Å²) in [6.07, 6.45) is 0. The SMILES string of the molecule is COc1cc(O)cc(Nc2nc3ccccc3nc2NS(=O)(=O)c2cccc(NC(=O)CNC(C)c3ccccc3)c2)c1. The maximum absolute atomic E-state index is 13.5. The lowest BCUT2D eigenvalue weighted by Gasteiger charge is -2.15. The molecule has 0 saturated carbocycles. The van der Waals surface area contributed by atoms with Gasteiger partial charge in [-0.3, -0.25) is 9.52 Å². The van der Waals surface area contributed by atoms with Crippen LogP contribution in [0.2, 0.25) is 0 Å². The second-order valence-corrected chi connectivity index (χ2v) is 11.3. The van der Waals surface area contributed by atoms with Gasteiger partial charge in [0.1, 0.15) is 11.5 Å². The predicted molar refractivity (Wildman–Crippen MR) is 166 cm³/mol. The standard InChI is InChI=1S/C31H30N6O5S/c1-20(21-9-4-3-5-10-21)32-19-29(39)33-22-11-8-12-26(17-22)43(40,41)37-31-30(35-27-13-6-7-14-28(27)36-31)34-23-15-24(38)18-25(16-23)42-2/h3-18,20,32,38H,19H2,1-2H3,(H,33,39)(H,34,35)(H,36,37). The van der Waals surface area contributed by atoms with E-state index < -0.39 is 10.0 Å². The highest BCUT2D eigenvalue weighted by atomic mass is 32.2. The van der Waals surface area contributed by atoms with E-state index in [4.69, 9.17) is 4.74 Å². The summed E-state index contributed by atoms with van der Waals surface area (Å²) in [5.41, 5.74) is 2.76. The Labute approximate surface area is 249 Å². The molecule has 43 heavy (non-hydrogen) atoms. The molecule has 0 aliphatic rings. The van der Waals surface area contributed by atoms with Crippen molar-refractivity contribution in [3.05, 3.63) is 103 Å². The number of rotatable bonds is 11. The van der Waals surface area contributed by atoms with Crippen molar-refractivity contribution in [2.24, 2.45) is 0 Å². The van der Waals surface area contributed by atoms with Crippen LogP contribution >= 0.6 is 0 Å². The number of hydrogen-bond donors (Lipinski definition) is 5. The molecule has 0 saturated heterocycles. The highest BCUT2D eigenvalue weighted by Crippen LogP contribution is 2.31. The average Bonchev–Trinajstić information content (AvgIpc) is 3.00. The second-order valence-electron chi connectivity index (χ2n) is 9.65. The van der Waals surface area contributed by atoms with Gasteiger partial charge >= 0.3 is 0 Å². The minimum absolute atomic E-state index is 0.0345. The number of aromatic hydroxyl groups is 1. The Hall–Kier alpha value is -5.20. The lowest BCUT2D eigenvalue weighted by molar-refractivity contribution is -0.115. The number of aromatic nitrogens is 2. The maximum Gasteiger partial charge on any atom is 0.263 e. The van der Waals surface area contributed by atoms with Gasteiger partial charge in [0, 0.05) is 35.6 Å². The van der Waals surface area contributed by atoms with Crippen molar-refractivity contribution in [2.75, 3.05) is 29.0 Å². The summed E-state index contributed by atoms with van der Waals surface area (Å²) in [6, 6.07) is 27.1. The van der Waals surface area contributed by atoms with Crippen LogP contribution in [0.4, 0.5) is 23.0 Å². The number of phenolic OH excluding ortho intramolecular Hbond substituents is 1. The van der Waals surface area contributed by atoms with E-state index in [1.807, 2.05) is 37.3 Å². The molecular formula is C31H30N6O5S. The first kappa shape index (κ1) is 29.3. The monoisotopic (exact) mass is 598 g/mol. The molecule has 1 aromatic heterocycles. The third-order valence-electron chi connectivity index (χ3n) is 6.49. The van der Waals surface area contributed by atoms with Crippen molar-refractivity contribution in [1.29, 1.82) is 0 Å². The third kappa shape index (κ3) is 7.36. The van der Waals surface area contributed by atoms with Gasteiger partial charge in [-0.2, -0.15) is 0 Å². The van der Waals surface area contributed by atoms with Gasteiger partial charge in [0.25, 0.3) is 10.0 Å². The van der Waals surface area contributed by atoms with Crippen LogP contribution in [0.15, 0.2) is 102 Å². The molecule has 1 heterocycles. The van der Waals surface area contributed by atoms with Crippen molar-refractivity contribution in [1.82, 2.24) is 15.3 Å². The van der Waals surface area contributed by atoms with E-state index in [-0.39, 0.29) is 40.8 Å². The Morgan fingerprint density at radius 3 is 2.28 bits per heavy atom. The Morgan fingerprint density at radius 1 is 0.860 bits per heavy atom. The van der Waals surface area contributed by atoms with Crippen LogP contribution in [0.1, 0.15) is 18.5 Å². The van der Waals surface area contributed by atoms with Crippen LogP contribution in [0.25, 0.3) is 11.0 Å². The Balaban J connectivity index is 1.35. The number of amides is 1. The van der Waals surface area contributed by atoms with Crippen LogP contribution in [0.3, 0.4) is 0 Å². The normalized spacial score (nSPS) is 12.0. The lowest BCUT2D eigenvalue weighted by atomic mass is 10.1. The number of benzene rings is 4. The number of anilines is 4. The molecule has 0 bridgehead atoms. The molecule has 5 rings (SSSR count). The Bertz CT molecular complexity index is 1870. The van der Waals surface area contributed by atoms with Crippen LogP contribution in [-0.4, -0.2) is 43.1 Å². The molecule has 11 nitrogen and oxygen atoms in total. The average molecular weight is 599 g/mol. The van der Waals surface area contributed by atoms with E-state index in [0.29, 0.717) is 28.2 Å². The molecule has 0 spiro atoms. The van der Waals surface area contributed by atoms with Crippen molar-refractivity contribution < 1.29 is 23.1 Å². The number of para-hydroxylation sites is 2. The number of ether oxygens (including phenoxy) is 1. The third-order valence-corrected chi connectivity index (χ3v) is 7.82. The maximum atomic E-state index is 13.5. The van der Waals surface area contributed by atoms with Gasteiger partial charge in [-0.05, 0) is 42.8 Å². The first-order valence-corrected chi connectivity index (χ1v) is 14.8. The highest BCUT2D eigenvalue weighted by Gasteiger charge is 2.20. The quantitative estimate of drug-likeness (QED) is 0.138. The van der Waals surface area contributed by atoms with Gasteiger partial charge in [-0.15, -0.1) is 0 Å². The lowest BCUT2D eigenvalue weighted by Crippen LogP contribution is -2.30. The van der Waals surface area contributed by atoms with Crippen LogP contribution < -0.4 is 25.4 Å². The molecule has 1 atom stereocenters. The van der Waals surface area contributed by atoms with Crippen LogP contribution in [0.5, 0.6) is 11.5 Å². The van der Waals surface area contributed by atoms with E-state index in [1.165, 1.54) is 37.4 Å².